The fourth-order valence-corrected chi connectivity index (χ4v) is 7.04. The normalized spacial score (nSPS) is 25.0. The number of aromatic nitrogens is 1. The van der Waals surface area contributed by atoms with Gasteiger partial charge in [0.15, 0.2) is 23.8 Å². The van der Waals surface area contributed by atoms with Crippen molar-refractivity contribution in [3.8, 4) is 5.75 Å². The Bertz CT molecular complexity index is 1590. The van der Waals surface area contributed by atoms with Crippen LogP contribution in [0.2, 0.25) is 0 Å². The highest BCUT2D eigenvalue weighted by molar-refractivity contribution is 6.25. The molecule has 0 fully saturated rings. The predicted molar refractivity (Wildman–Crippen MR) is 155 cm³/mol. The second-order valence-corrected chi connectivity index (χ2v) is 12.0. The van der Waals surface area contributed by atoms with Gasteiger partial charge in [-0.3, -0.25) is 19.3 Å². The van der Waals surface area contributed by atoms with E-state index < -0.39 is 58.0 Å². The van der Waals surface area contributed by atoms with Gasteiger partial charge in [-0.2, -0.15) is 4.73 Å². The molecule has 12 nitrogen and oxygen atoms in total. The maximum atomic E-state index is 14.1. The SMILES string of the molecule is CN(C)c1cc(CCCc2cc[n+]([O-])cc2)c(O)c2c1C[C@H]1C[C@H]3[C@H](N(C)C)C(O)=C(C(N)=O)C(=O)[C@@]3(O)C(O)=C1C2=O. The molecule has 3 aliphatic rings. The fourth-order valence-electron chi connectivity index (χ4n) is 7.04. The van der Waals surface area contributed by atoms with Crippen LogP contribution >= 0.6 is 0 Å². The van der Waals surface area contributed by atoms with Crippen molar-refractivity contribution in [2.45, 2.75) is 43.7 Å². The van der Waals surface area contributed by atoms with Crippen LogP contribution in [0.5, 0.6) is 5.75 Å². The zero-order valence-electron chi connectivity index (χ0n) is 24.5. The van der Waals surface area contributed by atoms with Gasteiger partial charge in [0.05, 0.1) is 11.6 Å². The first kappa shape index (κ1) is 30.1. The lowest BCUT2D eigenvalue weighted by Crippen LogP contribution is -2.63. The molecule has 3 aliphatic carbocycles. The number of pyridine rings is 1. The van der Waals surface area contributed by atoms with E-state index in [-0.39, 0.29) is 29.7 Å². The molecule has 1 amide bonds. The van der Waals surface area contributed by atoms with E-state index in [0.717, 1.165) is 5.56 Å². The highest BCUT2D eigenvalue weighted by atomic mass is 16.5. The Morgan fingerprint density at radius 2 is 1.77 bits per heavy atom. The summed E-state index contributed by atoms with van der Waals surface area (Å²) in [4.78, 5) is 43.2. The van der Waals surface area contributed by atoms with Crippen LogP contribution in [-0.2, 0) is 28.9 Å². The number of aryl methyl sites for hydroxylation is 2. The third-order valence-corrected chi connectivity index (χ3v) is 9.04. The largest absolute Gasteiger partial charge is 0.619 e. The molecular formula is C31H36N4O8. The second kappa shape index (κ2) is 10.7. The summed E-state index contributed by atoms with van der Waals surface area (Å²) in [7, 11) is 6.83. The van der Waals surface area contributed by atoms with E-state index in [1.807, 2.05) is 25.1 Å². The van der Waals surface area contributed by atoms with Gasteiger partial charge >= 0.3 is 0 Å². The lowest BCUT2D eigenvalue weighted by molar-refractivity contribution is -0.605. The van der Waals surface area contributed by atoms with Crippen LogP contribution in [0, 0.1) is 17.0 Å². The van der Waals surface area contributed by atoms with Crippen molar-refractivity contribution < 1.29 is 39.5 Å². The minimum absolute atomic E-state index is 0.00547. The van der Waals surface area contributed by atoms with Crippen LogP contribution in [0.1, 0.15) is 39.9 Å². The molecule has 0 unspecified atom stereocenters. The number of primary amides is 1. The molecule has 0 aliphatic heterocycles. The molecule has 12 heteroatoms. The van der Waals surface area contributed by atoms with E-state index in [4.69, 9.17) is 5.73 Å². The highest BCUT2D eigenvalue weighted by Gasteiger charge is 2.63. The van der Waals surface area contributed by atoms with E-state index >= 15 is 0 Å². The maximum Gasteiger partial charge on any atom is 0.255 e. The number of likely N-dealkylation sites (N-methyl/N-ethyl adjacent to an activating group) is 1. The number of rotatable bonds is 7. The van der Waals surface area contributed by atoms with Gasteiger partial charge in [-0.15, -0.1) is 0 Å². The van der Waals surface area contributed by atoms with E-state index in [9.17, 15) is 40.0 Å². The number of aliphatic hydroxyl groups excluding tert-OH is 2. The Kier molecular flexibility index (Phi) is 7.47. The van der Waals surface area contributed by atoms with Crippen molar-refractivity contribution >= 4 is 23.2 Å². The first-order valence-electron chi connectivity index (χ1n) is 14.1. The van der Waals surface area contributed by atoms with Crippen molar-refractivity contribution in [1.82, 2.24) is 4.90 Å². The van der Waals surface area contributed by atoms with Crippen molar-refractivity contribution in [3.63, 3.8) is 0 Å². The molecule has 0 radical (unpaired) electrons. The molecule has 4 atom stereocenters. The molecular weight excluding hydrogens is 556 g/mol. The van der Waals surface area contributed by atoms with Gasteiger partial charge in [0.2, 0.25) is 5.78 Å². The van der Waals surface area contributed by atoms with Crippen LogP contribution < -0.4 is 15.4 Å². The van der Waals surface area contributed by atoms with Crippen LogP contribution in [0.4, 0.5) is 5.69 Å². The van der Waals surface area contributed by atoms with Crippen molar-refractivity contribution in [2.75, 3.05) is 33.1 Å². The van der Waals surface area contributed by atoms with Crippen LogP contribution in [0.3, 0.4) is 0 Å². The van der Waals surface area contributed by atoms with Crippen molar-refractivity contribution in [2.24, 2.45) is 17.6 Å². The van der Waals surface area contributed by atoms with Gasteiger partial charge < -0.3 is 36.3 Å². The number of hydrogen-bond acceptors (Lipinski definition) is 10. The third-order valence-electron chi connectivity index (χ3n) is 9.04. The average molecular weight is 593 g/mol. The minimum atomic E-state index is -2.68. The molecule has 1 aromatic carbocycles. The number of amides is 1. The lowest BCUT2D eigenvalue weighted by Gasteiger charge is -2.50. The van der Waals surface area contributed by atoms with Crippen molar-refractivity contribution in [1.29, 1.82) is 0 Å². The van der Waals surface area contributed by atoms with E-state index in [1.165, 1.54) is 17.3 Å². The molecule has 228 valence electrons. The summed E-state index contributed by atoms with van der Waals surface area (Å²) in [5.41, 5.74) is 4.44. The van der Waals surface area contributed by atoms with Crippen LogP contribution in [0.15, 0.2) is 53.3 Å². The zero-order valence-corrected chi connectivity index (χ0v) is 24.5. The van der Waals surface area contributed by atoms with E-state index in [1.54, 1.807) is 26.2 Å². The zero-order chi connectivity index (χ0) is 31.5. The van der Waals surface area contributed by atoms with Crippen LogP contribution in [0.25, 0.3) is 0 Å². The summed E-state index contributed by atoms with van der Waals surface area (Å²) in [5, 5.41) is 57.0. The molecule has 5 rings (SSSR count). The number of anilines is 1. The lowest BCUT2D eigenvalue weighted by atomic mass is 9.58. The molecule has 2 aromatic rings. The quantitative estimate of drug-likeness (QED) is 0.176. The van der Waals surface area contributed by atoms with Gasteiger partial charge in [0.25, 0.3) is 5.91 Å². The molecule has 0 saturated heterocycles. The molecule has 1 heterocycles. The highest BCUT2D eigenvalue weighted by Crippen LogP contribution is 2.53. The number of nitrogens with two attached hydrogens (primary N) is 1. The van der Waals surface area contributed by atoms with Gasteiger partial charge in [-0.25, -0.2) is 0 Å². The summed E-state index contributed by atoms with van der Waals surface area (Å²) < 4.78 is 0.699. The van der Waals surface area contributed by atoms with E-state index in [2.05, 4.69) is 0 Å². The molecule has 0 spiro atoms. The third kappa shape index (κ3) is 4.61. The Morgan fingerprint density at radius 1 is 1.12 bits per heavy atom. The Hall–Kier alpha value is -4.42. The number of aromatic hydroxyl groups is 1. The topological polar surface area (TPSA) is 192 Å². The number of phenols is 1. The Balaban J connectivity index is 1.59. The summed E-state index contributed by atoms with van der Waals surface area (Å²) >= 11 is 0. The smallest absolute Gasteiger partial charge is 0.255 e. The number of fused-ring (bicyclic) bond motifs is 3. The number of phenolic OH excluding ortho intramolecular Hbond substituents is 1. The number of aliphatic hydroxyl groups is 3. The second-order valence-electron chi connectivity index (χ2n) is 12.0. The van der Waals surface area contributed by atoms with E-state index in [0.29, 0.717) is 40.8 Å². The molecule has 1 aromatic heterocycles. The van der Waals surface area contributed by atoms with Gasteiger partial charge in [0.1, 0.15) is 22.8 Å². The summed E-state index contributed by atoms with van der Waals surface area (Å²) in [5.74, 6) is -6.69. The standard InChI is InChI=1S/C31H36N4O8/c1-33(2)20-14-16(7-5-6-15-8-10-35(43)11-9-15)25(36)22-18(20)12-17-13-19-24(34(3)4)27(38)23(30(32)41)29(40)31(19,42)28(39)21(17)26(22)37/h8-11,14,17,19,24,36,38-39,42H,5-7,12-13H2,1-4H3,(H2,32,41)/t17-,19-,24-,31-/m0/s1. The number of Topliss-reactive ketones (excluding diaryl/α,β-unsaturated/α-hetero) is 2. The summed E-state index contributed by atoms with van der Waals surface area (Å²) in [6.07, 6.45) is 4.72. The van der Waals surface area contributed by atoms with Crippen LogP contribution in [-0.4, -0.2) is 82.6 Å². The van der Waals surface area contributed by atoms with Crippen molar-refractivity contribution in [3.05, 3.63) is 80.7 Å². The molecule has 6 N–H and O–H groups in total. The number of nitrogens with zero attached hydrogens (tertiary/aromatic N) is 3. The first-order chi connectivity index (χ1) is 20.2. The molecule has 43 heavy (non-hydrogen) atoms. The molecule has 0 bridgehead atoms. The number of carbonyl (C=O) groups is 3. The number of hydrogen-bond donors (Lipinski definition) is 5. The Labute approximate surface area is 248 Å². The monoisotopic (exact) mass is 592 g/mol. The fraction of sp³-hybridized carbons (Fsp3) is 0.419. The summed E-state index contributed by atoms with van der Waals surface area (Å²) in [6.45, 7) is 0. The predicted octanol–water partition coefficient (Wildman–Crippen LogP) is 0.995. The maximum absolute atomic E-state index is 14.1. The summed E-state index contributed by atoms with van der Waals surface area (Å²) in [6, 6.07) is 4.23. The van der Waals surface area contributed by atoms with Gasteiger partial charge in [-0.1, -0.05) is 0 Å². The first-order valence-corrected chi connectivity index (χ1v) is 14.1. The van der Waals surface area contributed by atoms with Gasteiger partial charge in [0, 0.05) is 43.4 Å². The number of allylic oxidation sites excluding steroid dienone is 1. The van der Waals surface area contributed by atoms with Gasteiger partial charge in [-0.05, 0) is 74.9 Å². The average Bonchev–Trinajstić information content (AvgIpc) is 2.92. The molecule has 0 saturated carbocycles. The minimum Gasteiger partial charge on any atom is -0.619 e. The number of ketones is 2. The number of carbonyl (C=O) groups excluding carboxylic acids is 3. The number of benzene rings is 1. The Morgan fingerprint density at radius 3 is 2.35 bits per heavy atom.